The van der Waals surface area contributed by atoms with E-state index in [4.69, 9.17) is 14.8 Å². The number of ether oxygens (including phenoxy) is 1. The molecule has 1 aromatic heterocycles. The lowest BCUT2D eigenvalue weighted by atomic mass is 9.88. The fourth-order valence-corrected chi connectivity index (χ4v) is 5.79. The van der Waals surface area contributed by atoms with Gasteiger partial charge in [-0.2, -0.15) is 9.78 Å². The Morgan fingerprint density at radius 1 is 1.00 bits per heavy atom. The summed E-state index contributed by atoms with van der Waals surface area (Å²) < 4.78 is 8.48. The van der Waals surface area contributed by atoms with Crippen molar-refractivity contribution in [1.82, 2.24) is 9.66 Å². The van der Waals surface area contributed by atoms with Gasteiger partial charge in [0.1, 0.15) is 18.2 Å². The molecule has 1 heterocycles. The Morgan fingerprint density at radius 2 is 1.78 bits per heavy atom. The van der Waals surface area contributed by atoms with Crippen molar-refractivity contribution in [1.29, 1.82) is 0 Å². The fourth-order valence-electron chi connectivity index (χ4n) is 5.43. The minimum absolute atomic E-state index is 0.0301. The van der Waals surface area contributed by atoms with Gasteiger partial charge < -0.3 is 4.74 Å². The monoisotopic (exact) mass is 610 g/mol. The predicted octanol–water partition coefficient (Wildman–Crippen LogP) is 7.73. The van der Waals surface area contributed by atoms with Gasteiger partial charge in [0.15, 0.2) is 0 Å². The number of fused-ring (bicyclic) bond motifs is 2. The third-order valence-electron chi connectivity index (χ3n) is 7.58. The lowest BCUT2D eigenvalue weighted by Gasteiger charge is -2.23. The zero-order chi connectivity index (χ0) is 28.3. The molecule has 1 fully saturated rings. The highest BCUT2D eigenvalue weighted by molar-refractivity contribution is 9.10. The van der Waals surface area contributed by atoms with E-state index in [0.717, 1.165) is 52.1 Å². The minimum atomic E-state index is -0.424. The number of benzene rings is 4. The maximum absolute atomic E-state index is 13.8. The van der Waals surface area contributed by atoms with Crippen LogP contribution in [0, 0.1) is 10.1 Å². The number of nitrogens with zero attached hydrogens (tertiary/aromatic N) is 4. The van der Waals surface area contributed by atoms with E-state index < -0.39 is 4.92 Å². The molecule has 0 bridgehead atoms. The van der Waals surface area contributed by atoms with E-state index in [0.29, 0.717) is 22.5 Å². The largest absolute Gasteiger partial charge is 0.488 e. The molecule has 0 N–H and O–H groups in total. The Labute approximate surface area is 244 Å². The van der Waals surface area contributed by atoms with Crippen molar-refractivity contribution >= 4 is 49.5 Å². The van der Waals surface area contributed by atoms with E-state index in [1.807, 2.05) is 48.5 Å². The molecule has 0 radical (unpaired) electrons. The number of hydrogen-bond acceptors (Lipinski definition) is 6. The molecule has 0 atom stereocenters. The van der Waals surface area contributed by atoms with Crippen LogP contribution < -0.4 is 10.3 Å². The highest BCUT2D eigenvalue weighted by Crippen LogP contribution is 2.33. The Bertz CT molecular complexity index is 1840. The molecule has 41 heavy (non-hydrogen) atoms. The molecule has 0 aliphatic heterocycles. The molecule has 5 aromatic rings. The van der Waals surface area contributed by atoms with Gasteiger partial charge in [-0.1, -0.05) is 65.5 Å². The molecule has 1 aliphatic carbocycles. The fraction of sp³-hybridized carbons (Fsp3) is 0.219. The van der Waals surface area contributed by atoms with E-state index in [1.54, 1.807) is 24.4 Å². The van der Waals surface area contributed by atoms with Crippen LogP contribution in [0.3, 0.4) is 0 Å². The number of halogens is 1. The highest BCUT2D eigenvalue weighted by Gasteiger charge is 2.23. The second-order valence-electron chi connectivity index (χ2n) is 10.2. The maximum Gasteiger partial charge on any atom is 0.282 e. The first kappa shape index (κ1) is 26.8. The summed E-state index contributed by atoms with van der Waals surface area (Å²) in [6, 6.07) is 23.7. The first-order chi connectivity index (χ1) is 20.0. The van der Waals surface area contributed by atoms with Gasteiger partial charge in [0.05, 0.1) is 22.0 Å². The Kier molecular flexibility index (Phi) is 7.61. The summed E-state index contributed by atoms with van der Waals surface area (Å²) in [6.45, 7) is 0.218. The summed E-state index contributed by atoms with van der Waals surface area (Å²) in [6.07, 6.45) is 7.03. The van der Waals surface area contributed by atoms with Gasteiger partial charge in [0.2, 0.25) is 0 Å². The Balaban J connectivity index is 1.43. The van der Waals surface area contributed by atoms with Crippen molar-refractivity contribution < 1.29 is 9.66 Å². The average Bonchev–Trinajstić information content (AvgIpc) is 3.00. The third-order valence-corrected chi connectivity index (χ3v) is 8.07. The van der Waals surface area contributed by atoms with Gasteiger partial charge in [0, 0.05) is 28.1 Å². The van der Waals surface area contributed by atoms with Crippen molar-refractivity contribution in [2.45, 2.75) is 44.6 Å². The minimum Gasteiger partial charge on any atom is -0.488 e. The van der Waals surface area contributed by atoms with Crippen LogP contribution in [0.1, 0.15) is 55.0 Å². The highest BCUT2D eigenvalue weighted by atomic mass is 79.9. The van der Waals surface area contributed by atoms with Gasteiger partial charge in [-0.05, 0) is 65.6 Å². The number of aromatic nitrogens is 2. The molecule has 4 aromatic carbocycles. The van der Waals surface area contributed by atoms with Crippen LogP contribution in [0.2, 0.25) is 0 Å². The van der Waals surface area contributed by atoms with E-state index in [1.165, 1.54) is 23.2 Å². The number of non-ortho nitro benzene ring substituents is 1. The van der Waals surface area contributed by atoms with Crippen molar-refractivity contribution in [2.75, 3.05) is 0 Å². The van der Waals surface area contributed by atoms with Crippen molar-refractivity contribution in [3.05, 3.63) is 121 Å². The summed E-state index contributed by atoms with van der Waals surface area (Å²) in [5.41, 5.74) is 2.03. The summed E-state index contributed by atoms with van der Waals surface area (Å²) in [5.74, 6) is 1.44. The predicted molar refractivity (Wildman–Crippen MR) is 164 cm³/mol. The lowest BCUT2D eigenvalue weighted by molar-refractivity contribution is -0.384. The summed E-state index contributed by atoms with van der Waals surface area (Å²) in [4.78, 5) is 29.3. The molecule has 0 spiro atoms. The van der Waals surface area contributed by atoms with E-state index in [9.17, 15) is 14.9 Å². The van der Waals surface area contributed by atoms with Gasteiger partial charge >= 0.3 is 0 Å². The molecular formula is C32H27BrN4O4. The Morgan fingerprint density at radius 3 is 2.56 bits per heavy atom. The second kappa shape index (κ2) is 11.6. The molecule has 1 aliphatic rings. The van der Waals surface area contributed by atoms with Crippen LogP contribution in [-0.2, 0) is 6.61 Å². The molecule has 1 saturated carbocycles. The number of rotatable bonds is 7. The van der Waals surface area contributed by atoms with Crippen molar-refractivity contribution in [2.24, 2.45) is 5.10 Å². The molecule has 9 heteroatoms. The third kappa shape index (κ3) is 5.63. The zero-order valence-corrected chi connectivity index (χ0v) is 23.8. The Hall–Kier alpha value is -4.37. The molecule has 0 saturated heterocycles. The van der Waals surface area contributed by atoms with E-state index in [2.05, 4.69) is 15.9 Å². The summed E-state index contributed by atoms with van der Waals surface area (Å²) in [7, 11) is 0. The summed E-state index contributed by atoms with van der Waals surface area (Å²) in [5, 5.41) is 18.2. The van der Waals surface area contributed by atoms with Crippen LogP contribution in [0.15, 0.2) is 93.2 Å². The topological polar surface area (TPSA) is 99.6 Å². The summed E-state index contributed by atoms with van der Waals surface area (Å²) >= 11 is 3.48. The molecule has 0 amide bonds. The first-order valence-electron chi connectivity index (χ1n) is 13.6. The van der Waals surface area contributed by atoms with E-state index in [-0.39, 0.29) is 23.8 Å². The molecule has 6 rings (SSSR count). The molecule has 8 nitrogen and oxygen atoms in total. The standard InChI is InChI=1S/C32H27BrN4O4/c33-24-13-16-29-27(18-24)32(38)36(31(35-29)23-7-2-1-3-8-23)34-19-28-26-9-5-4-6-22(26)12-17-30(28)41-20-21-10-14-25(15-11-21)37(39)40/h4-6,9-19,23H,1-3,7-8,20H2. The number of nitro benzene ring substituents is 1. The van der Waals surface area contributed by atoms with Crippen molar-refractivity contribution in [3.63, 3.8) is 0 Å². The first-order valence-corrected chi connectivity index (χ1v) is 14.4. The smallest absolute Gasteiger partial charge is 0.282 e. The van der Waals surface area contributed by atoms with Gasteiger partial charge in [0.25, 0.3) is 11.2 Å². The van der Waals surface area contributed by atoms with Gasteiger partial charge in [-0.15, -0.1) is 0 Å². The normalized spacial score (nSPS) is 14.2. The van der Waals surface area contributed by atoms with Crippen LogP contribution in [0.25, 0.3) is 21.7 Å². The molecule has 206 valence electrons. The number of hydrogen-bond donors (Lipinski definition) is 0. The van der Waals surface area contributed by atoms with E-state index >= 15 is 0 Å². The van der Waals surface area contributed by atoms with Crippen LogP contribution >= 0.6 is 15.9 Å². The van der Waals surface area contributed by atoms with Crippen LogP contribution in [0.4, 0.5) is 5.69 Å². The molecular weight excluding hydrogens is 584 g/mol. The van der Waals surface area contributed by atoms with Crippen LogP contribution in [0.5, 0.6) is 5.75 Å². The zero-order valence-electron chi connectivity index (χ0n) is 22.2. The van der Waals surface area contributed by atoms with Crippen LogP contribution in [-0.4, -0.2) is 20.8 Å². The average molecular weight is 611 g/mol. The van der Waals surface area contributed by atoms with Crippen molar-refractivity contribution in [3.8, 4) is 5.75 Å². The lowest BCUT2D eigenvalue weighted by Crippen LogP contribution is -2.25. The van der Waals surface area contributed by atoms with Gasteiger partial charge in [-0.25, -0.2) is 4.98 Å². The molecule has 0 unspecified atom stereocenters. The number of nitro groups is 1. The second-order valence-corrected chi connectivity index (χ2v) is 11.2. The maximum atomic E-state index is 13.8. The SMILES string of the molecule is O=c1c2cc(Br)ccc2nc(C2CCCCC2)n1N=Cc1c(OCc2ccc([N+](=O)[O-])cc2)ccc2ccccc12. The van der Waals surface area contributed by atoms with Gasteiger partial charge in [-0.3, -0.25) is 14.9 Å². The quantitative estimate of drug-likeness (QED) is 0.107.